The zero-order chi connectivity index (χ0) is 10.4. The summed E-state index contributed by atoms with van der Waals surface area (Å²) in [5.74, 6) is 2.57. The molecule has 0 aromatic carbocycles. The predicted octanol–water partition coefficient (Wildman–Crippen LogP) is 3.10. The largest absolute Gasteiger partial charge is 0.387 e. The van der Waals surface area contributed by atoms with Crippen LogP contribution in [0.25, 0.3) is 0 Å². The third-order valence-corrected chi connectivity index (χ3v) is 5.02. The summed E-state index contributed by atoms with van der Waals surface area (Å²) in [5, 5.41) is 12.8. The fourth-order valence-electron chi connectivity index (χ4n) is 3.21. The van der Waals surface area contributed by atoms with Crippen molar-refractivity contribution in [1.29, 1.82) is 0 Å². The second-order valence-electron chi connectivity index (χ2n) is 5.07. The van der Waals surface area contributed by atoms with Crippen LogP contribution in [-0.4, -0.2) is 10.1 Å². The molecule has 15 heavy (non-hydrogen) atoms. The zero-order valence-electron chi connectivity index (χ0n) is 9.02. The molecule has 1 aromatic heterocycles. The standard InChI is InChI=1S/C12H17NOS/c1-7(14)11-6-15-12(13-11)10-5-8-2-3-9(10)4-8/h6-10,14H,2-5H2,1H3. The number of aliphatic hydroxyl groups is 1. The Morgan fingerprint density at radius 1 is 1.47 bits per heavy atom. The minimum atomic E-state index is -0.409. The van der Waals surface area contributed by atoms with Crippen LogP contribution in [0.4, 0.5) is 0 Å². The summed E-state index contributed by atoms with van der Waals surface area (Å²) in [6.07, 6.45) is 5.20. The number of thiazole rings is 1. The Morgan fingerprint density at radius 3 is 2.87 bits per heavy atom. The lowest BCUT2D eigenvalue weighted by Crippen LogP contribution is -2.08. The van der Waals surface area contributed by atoms with Gasteiger partial charge in [-0.1, -0.05) is 6.42 Å². The van der Waals surface area contributed by atoms with Crippen molar-refractivity contribution in [1.82, 2.24) is 4.98 Å². The smallest absolute Gasteiger partial charge is 0.0963 e. The molecule has 0 aliphatic heterocycles. The first-order valence-corrected chi connectivity index (χ1v) is 6.75. The Kier molecular flexibility index (Phi) is 2.33. The highest BCUT2D eigenvalue weighted by Gasteiger charge is 2.41. The maximum atomic E-state index is 9.46. The molecule has 2 aliphatic carbocycles. The van der Waals surface area contributed by atoms with Crippen molar-refractivity contribution in [3.05, 3.63) is 16.1 Å². The Balaban J connectivity index is 1.81. The molecule has 0 radical (unpaired) electrons. The van der Waals surface area contributed by atoms with Crippen molar-refractivity contribution in [2.45, 2.75) is 44.6 Å². The Bertz CT molecular complexity index is 360. The van der Waals surface area contributed by atoms with E-state index in [9.17, 15) is 5.11 Å². The van der Waals surface area contributed by atoms with Crippen LogP contribution in [0, 0.1) is 11.8 Å². The number of aliphatic hydroxyl groups excluding tert-OH is 1. The Morgan fingerprint density at radius 2 is 2.33 bits per heavy atom. The summed E-state index contributed by atoms with van der Waals surface area (Å²) >= 11 is 1.74. The van der Waals surface area contributed by atoms with Crippen LogP contribution >= 0.6 is 11.3 Å². The SMILES string of the molecule is CC(O)c1csc(C2CC3CCC2C3)n1. The first kappa shape index (κ1) is 9.79. The van der Waals surface area contributed by atoms with E-state index in [2.05, 4.69) is 4.98 Å². The number of fused-ring (bicyclic) bond motifs is 2. The van der Waals surface area contributed by atoms with E-state index < -0.39 is 6.10 Å². The van der Waals surface area contributed by atoms with Gasteiger partial charge in [0.2, 0.25) is 0 Å². The monoisotopic (exact) mass is 223 g/mol. The third kappa shape index (κ3) is 1.62. The van der Waals surface area contributed by atoms with Gasteiger partial charge in [0, 0.05) is 11.3 Å². The Labute approximate surface area is 94.4 Å². The molecule has 3 rings (SSSR count). The summed E-state index contributed by atoms with van der Waals surface area (Å²) in [6.45, 7) is 1.79. The van der Waals surface area contributed by atoms with E-state index in [-0.39, 0.29) is 0 Å². The highest BCUT2D eigenvalue weighted by Crippen LogP contribution is 2.53. The second kappa shape index (κ2) is 3.56. The molecule has 0 amide bonds. The van der Waals surface area contributed by atoms with Gasteiger partial charge in [-0.15, -0.1) is 11.3 Å². The van der Waals surface area contributed by atoms with Crippen molar-refractivity contribution in [3.8, 4) is 0 Å². The molecule has 2 bridgehead atoms. The van der Waals surface area contributed by atoms with Gasteiger partial charge in [-0.3, -0.25) is 0 Å². The number of hydrogen-bond donors (Lipinski definition) is 1. The van der Waals surface area contributed by atoms with Crippen molar-refractivity contribution < 1.29 is 5.11 Å². The van der Waals surface area contributed by atoms with Gasteiger partial charge < -0.3 is 5.11 Å². The lowest BCUT2D eigenvalue weighted by Gasteiger charge is -2.18. The molecule has 4 atom stereocenters. The average molecular weight is 223 g/mol. The van der Waals surface area contributed by atoms with Gasteiger partial charge >= 0.3 is 0 Å². The number of rotatable bonds is 2. The van der Waals surface area contributed by atoms with Crippen molar-refractivity contribution in [2.75, 3.05) is 0 Å². The molecule has 2 fully saturated rings. The van der Waals surface area contributed by atoms with E-state index in [1.807, 2.05) is 5.38 Å². The highest BCUT2D eigenvalue weighted by molar-refractivity contribution is 7.09. The molecule has 0 saturated heterocycles. The van der Waals surface area contributed by atoms with E-state index in [4.69, 9.17) is 0 Å². The minimum Gasteiger partial charge on any atom is -0.387 e. The molecule has 4 unspecified atom stereocenters. The number of nitrogens with zero attached hydrogens (tertiary/aromatic N) is 1. The van der Waals surface area contributed by atoms with Gasteiger partial charge in [-0.2, -0.15) is 0 Å². The quantitative estimate of drug-likeness (QED) is 0.835. The molecular formula is C12H17NOS. The molecule has 2 saturated carbocycles. The van der Waals surface area contributed by atoms with E-state index in [1.54, 1.807) is 18.3 Å². The van der Waals surface area contributed by atoms with Crippen LogP contribution in [0.15, 0.2) is 5.38 Å². The lowest BCUT2D eigenvalue weighted by atomic mass is 9.89. The van der Waals surface area contributed by atoms with Crippen molar-refractivity contribution in [3.63, 3.8) is 0 Å². The highest BCUT2D eigenvalue weighted by atomic mass is 32.1. The van der Waals surface area contributed by atoms with E-state index in [0.29, 0.717) is 5.92 Å². The summed E-state index contributed by atoms with van der Waals surface area (Å²) in [5.41, 5.74) is 0.859. The van der Waals surface area contributed by atoms with E-state index in [0.717, 1.165) is 17.5 Å². The van der Waals surface area contributed by atoms with Crippen molar-refractivity contribution in [2.24, 2.45) is 11.8 Å². The molecule has 1 N–H and O–H groups in total. The summed E-state index contributed by atoms with van der Waals surface area (Å²) < 4.78 is 0. The molecule has 3 heteroatoms. The van der Waals surface area contributed by atoms with Crippen LogP contribution in [0.2, 0.25) is 0 Å². The van der Waals surface area contributed by atoms with Crippen LogP contribution in [-0.2, 0) is 0 Å². The average Bonchev–Trinajstić information content (AvgIpc) is 2.93. The van der Waals surface area contributed by atoms with E-state index in [1.165, 1.54) is 30.7 Å². The fourth-order valence-corrected chi connectivity index (χ4v) is 4.32. The summed E-state index contributed by atoms with van der Waals surface area (Å²) in [4.78, 5) is 4.58. The van der Waals surface area contributed by atoms with Gasteiger partial charge in [0.05, 0.1) is 16.8 Å². The van der Waals surface area contributed by atoms with Crippen LogP contribution in [0.1, 0.15) is 55.3 Å². The number of aromatic nitrogens is 1. The second-order valence-corrected chi connectivity index (χ2v) is 5.96. The molecule has 1 aromatic rings. The van der Waals surface area contributed by atoms with Gasteiger partial charge in [0.15, 0.2) is 0 Å². The van der Waals surface area contributed by atoms with Gasteiger partial charge in [-0.05, 0) is 38.0 Å². The molecule has 1 heterocycles. The first-order chi connectivity index (χ1) is 7.24. The maximum Gasteiger partial charge on any atom is 0.0963 e. The topological polar surface area (TPSA) is 33.1 Å². The molecule has 82 valence electrons. The zero-order valence-corrected chi connectivity index (χ0v) is 9.83. The number of hydrogen-bond acceptors (Lipinski definition) is 3. The minimum absolute atomic E-state index is 0.409. The first-order valence-electron chi connectivity index (χ1n) is 5.87. The van der Waals surface area contributed by atoms with Gasteiger partial charge in [0.25, 0.3) is 0 Å². The van der Waals surface area contributed by atoms with Crippen LogP contribution in [0.3, 0.4) is 0 Å². The van der Waals surface area contributed by atoms with Crippen LogP contribution < -0.4 is 0 Å². The van der Waals surface area contributed by atoms with Gasteiger partial charge in [-0.25, -0.2) is 4.98 Å². The molecule has 2 nitrogen and oxygen atoms in total. The van der Waals surface area contributed by atoms with E-state index >= 15 is 0 Å². The van der Waals surface area contributed by atoms with Crippen LogP contribution in [0.5, 0.6) is 0 Å². The lowest BCUT2D eigenvalue weighted by molar-refractivity contribution is 0.194. The van der Waals surface area contributed by atoms with Gasteiger partial charge in [0.1, 0.15) is 0 Å². The molecular weight excluding hydrogens is 206 g/mol. The maximum absolute atomic E-state index is 9.46. The molecule has 0 spiro atoms. The Hall–Kier alpha value is -0.410. The summed E-state index contributed by atoms with van der Waals surface area (Å²) in [6, 6.07) is 0. The molecule has 2 aliphatic rings. The summed E-state index contributed by atoms with van der Waals surface area (Å²) in [7, 11) is 0. The van der Waals surface area contributed by atoms with Crippen molar-refractivity contribution >= 4 is 11.3 Å². The third-order valence-electron chi connectivity index (χ3n) is 4.02. The normalized spacial score (nSPS) is 36.0. The fraction of sp³-hybridized carbons (Fsp3) is 0.750. The predicted molar refractivity (Wildman–Crippen MR) is 60.9 cm³/mol.